The third-order valence-electron chi connectivity index (χ3n) is 0.733. The van der Waals surface area contributed by atoms with E-state index in [-0.39, 0.29) is 0 Å². The summed E-state index contributed by atoms with van der Waals surface area (Å²) in [7, 11) is 0. The minimum atomic E-state index is 0.782. The maximum Gasteiger partial charge on any atom is 0.0471 e. The highest BCUT2D eigenvalue weighted by Gasteiger charge is 1.93. The van der Waals surface area contributed by atoms with Crippen molar-refractivity contribution in [1.29, 1.82) is 0 Å². The van der Waals surface area contributed by atoms with Crippen molar-refractivity contribution in [1.82, 2.24) is 0 Å². The van der Waals surface area contributed by atoms with Gasteiger partial charge in [0.1, 0.15) is 0 Å². The van der Waals surface area contributed by atoms with Crippen molar-refractivity contribution >= 4 is 23.5 Å². The molecule has 0 bridgehead atoms. The molecule has 0 aromatic heterocycles. The molecule has 0 spiro atoms. The summed E-state index contributed by atoms with van der Waals surface area (Å²) in [6, 6.07) is 0. The maximum atomic E-state index is 2.23. The van der Waals surface area contributed by atoms with Crippen LogP contribution in [0.3, 0.4) is 0 Å². The average molecular weight is 136 g/mol. The Morgan fingerprint density at radius 1 is 1.57 bits per heavy atom. The van der Waals surface area contributed by atoms with Gasteiger partial charge in [-0.2, -0.15) is 11.8 Å². The zero-order valence-corrected chi connectivity index (χ0v) is 6.73. The van der Waals surface area contributed by atoms with Gasteiger partial charge in [-0.05, 0) is 18.9 Å². The Hall–Kier alpha value is 0.700. The Balaban J connectivity index is 2.83. The van der Waals surface area contributed by atoms with E-state index in [0.717, 1.165) is 4.58 Å². The van der Waals surface area contributed by atoms with E-state index in [1.807, 2.05) is 23.5 Å². The molecule has 2 heteroatoms. The zero-order valence-electron chi connectivity index (χ0n) is 5.10. The van der Waals surface area contributed by atoms with Gasteiger partial charge in [-0.25, -0.2) is 0 Å². The third kappa shape index (κ3) is 4.56. The van der Waals surface area contributed by atoms with Crippen LogP contribution in [0, 0.1) is 0 Å². The number of rotatable bonds is 3. The quantitative estimate of drug-likeness (QED) is 0.547. The van der Waals surface area contributed by atoms with Crippen molar-refractivity contribution in [2.45, 2.75) is 18.4 Å². The van der Waals surface area contributed by atoms with Gasteiger partial charge in [-0.3, -0.25) is 0 Å². The molecule has 7 heavy (non-hydrogen) atoms. The lowest BCUT2D eigenvalue weighted by molar-refractivity contribution is 1.40. The lowest BCUT2D eigenvalue weighted by atomic mass is 10.9. The van der Waals surface area contributed by atoms with Crippen LogP contribution in [0.25, 0.3) is 0 Å². The topological polar surface area (TPSA) is 0 Å². The minimum Gasteiger partial charge on any atom is -0.151 e. The summed E-state index contributed by atoms with van der Waals surface area (Å²) in [5, 5.41) is 0. The molecular weight excluding hydrogens is 124 g/mol. The highest BCUT2D eigenvalue weighted by atomic mass is 32.2. The van der Waals surface area contributed by atoms with Crippen LogP contribution in [0.5, 0.6) is 0 Å². The highest BCUT2D eigenvalue weighted by molar-refractivity contribution is 8.16. The first kappa shape index (κ1) is 7.70. The molecule has 0 N–H and O–H groups in total. The summed E-state index contributed by atoms with van der Waals surface area (Å²) < 4.78 is 0.782. The monoisotopic (exact) mass is 136 g/mol. The van der Waals surface area contributed by atoms with Crippen molar-refractivity contribution in [2.75, 3.05) is 12.0 Å². The molecule has 0 saturated heterocycles. The normalized spacial score (nSPS) is 14.1. The molecule has 0 rings (SSSR count). The standard InChI is InChI=1S/C5H12S2/c1-4-7-5(2)6-3/h5H,4H2,1-3H3. The minimum absolute atomic E-state index is 0.782. The van der Waals surface area contributed by atoms with E-state index in [2.05, 4.69) is 20.1 Å². The van der Waals surface area contributed by atoms with Crippen LogP contribution < -0.4 is 0 Å². The molecule has 0 aliphatic heterocycles. The highest BCUT2D eigenvalue weighted by Crippen LogP contribution is 2.18. The molecule has 1 unspecified atom stereocenters. The largest absolute Gasteiger partial charge is 0.151 e. The fourth-order valence-corrected chi connectivity index (χ4v) is 1.72. The number of hydrogen-bond donors (Lipinski definition) is 0. The summed E-state index contributed by atoms with van der Waals surface area (Å²) in [6.45, 7) is 4.43. The van der Waals surface area contributed by atoms with Crippen LogP contribution >= 0.6 is 23.5 Å². The summed E-state index contributed by atoms with van der Waals surface area (Å²) in [6.07, 6.45) is 2.15. The van der Waals surface area contributed by atoms with Gasteiger partial charge in [0.05, 0.1) is 0 Å². The summed E-state index contributed by atoms with van der Waals surface area (Å²) >= 11 is 3.91. The van der Waals surface area contributed by atoms with Crippen LogP contribution in [0.1, 0.15) is 13.8 Å². The van der Waals surface area contributed by atoms with Crippen molar-refractivity contribution in [3.05, 3.63) is 0 Å². The first-order chi connectivity index (χ1) is 3.31. The first-order valence-corrected chi connectivity index (χ1v) is 4.79. The number of hydrogen-bond acceptors (Lipinski definition) is 2. The van der Waals surface area contributed by atoms with Crippen LogP contribution in [-0.4, -0.2) is 16.6 Å². The predicted molar refractivity (Wildman–Crippen MR) is 41.1 cm³/mol. The Labute approximate surface area is 54.4 Å². The molecule has 0 fully saturated rings. The molecule has 0 radical (unpaired) electrons. The van der Waals surface area contributed by atoms with E-state index in [1.165, 1.54) is 5.75 Å². The van der Waals surface area contributed by atoms with E-state index in [0.29, 0.717) is 0 Å². The summed E-state index contributed by atoms with van der Waals surface area (Å²) in [4.78, 5) is 0. The van der Waals surface area contributed by atoms with Crippen molar-refractivity contribution < 1.29 is 0 Å². The second kappa shape index (κ2) is 4.85. The Morgan fingerprint density at radius 3 is 2.29 bits per heavy atom. The van der Waals surface area contributed by atoms with Crippen LogP contribution in [-0.2, 0) is 0 Å². The van der Waals surface area contributed by atoms with Gasteiger partial charge in [0.2, 0.25) is 0 Å². The molecule has 0 aromatic carbocycles. The van der Waals surface area contributed by atoms with Crippen LogP contribution in [0.15, 0.2) is 0 Å². The Kier molecular flexibility index (Phi) is 5.33. The van der Waals surface area contributed by atoms with E-state index < -0.39 is 0 Å². The van der Waals surface area contributed by atoms with Gasteiger partial charge < -0.3 is 0 Å². The molecule has 0 saturated carbocycles. The predicted octanol–water partition coefficient (Wildman–Crippen LogP) is 2.45. The first-order valence-electron chi connectivity index (χ1n) is 2.45. The van der Waals surface area contributed by atoms with Crippen molar-refractivity contribution in [3.63, 3.8) is 0 Å². The smallest absolute Gasteiger partial charge is 0.0471 e. The van der Waals surface area contributed by atoms with Gasteiger partial charge >= 0.3 is 0 Å². The van der Waals surface area contributed by atoms with Gasteiger partial charge in [0.15, 0.2) is 0 Å². The third-order valence-corrected chi connectivity index (χ3v) is 3.19. The second-order valence-electron chi connectivity index (χ2n) is 1.26. The fraction of sp³-hybridized carbons (Fsp3) is 1.00. The lowest BCUT2D eigenvalue weighted by Gasteiger charge is -2.02. The summed E-state index contributed by atoms with van der Waals surface area (Å²) in [5.41, 5.74) is 0. The molecule has 0 nitrogen and oxygen atoms in total. The van der Waals surface area contributed by atoms with Gasteiger partial charge in [0, 0.05) is 4.58 Å². The van der Waals surface area contributed by atoms with E-state index in [9.17, 15) is 0 Å². The van der Waals surface area contributed by atoms with Gasteiger partial charge in [-0.15, -0.1) is 11.8 Å². The van der Waals surface area contributed by atoms with Gasteiger partial charge in [0.25, 0.3) is 0 Å². The second-order valence-corrected chi connectivity index (χ2v) is 4.35. The SMILES string of the molecule is CCSC(C)SC. The molecular formula is C5H12S2. The lowest BCUT2D eigenvalue weighted by Crippen LogP contribution is -1.85. The molecule has 0 aromatic rings. The fourth-order valence-electron chi connectivity index (χ4n) is 0.303. The zero-order chi connectivity index (χ0) is 5.70. The van der Waals surface area contributed by atoms with Crippen LogP contribution in [0.4, 0.5) is 0 Å². The van der Waals surface area contributed by atoms with E-state index in [1.54, 1.807) is 0 Å². The average Bonchev–Trinajstić information content (AvgIpc) is 1.68. The Bertz CT molecular complexity index is 37.1. The molecule has 0 aliphatic rings. The molecule has 0 amide bonds. The summed E-state index contributed by atoms with van der Waals surface area (Å²) in [5.74, 6) is 1.24. The van der Waals surface area contributed by atoms with Crippen molar-refractivity contribution in [3.8, 4) is 0 Å². The molecule has 44 valence electrons. The maximum absolute atomic E-state index is 2.23. The van der Waals surface area contributed by atoms with Gasteiger partial charge in [-0.1, -0.05) is 6.92 Å². The number of thioether (sulfide) groups is 2. The Morgan fingerprint density at radius 2 is 2.14 bits per heavy atom. The van der Waals surface area contributed by atoms with E-state index >= 15 is 0 Å². The van der Waals surface area contributed by atoms with Crippen LogP contribution in [0.2, 0.25) is 0 Å². The van der Waals surface area contributed by atoms with Crippen molar-refractivity contribution in [2.24, 2.45) is 0 Å². The molecule has 1 atom stereocenters. The van der Waals surface area contributed by atoms with E-state index in [4.69, 9.17) is 0 Å². The molecule has 0 heterocycles. The molecule has 0 aliphatic carbocycles.